The molecule has 1 aromatic heterocycles. The number of aromatic nitrogens is 1. The lowest BCUT2D eigenvalue weighted by Gasteiger charge is -2.43. The van der Waals surface area contributed by atoms with Crippen LogP contribution in [0.5, 0.6) is 5.75 Å². The van der Waals surface area contributed by atoms with Gasteiger partial charge in [-0.05, 0) is 73.6 Å². The number of carboxylic acids is 1. The summed E-state index contributed by atoms with van der Waals surface area (Å²) in [6.07, 6.45) is 0.643. The molecule has 228 valence electrons. The average molecular weight is 703 g/mol. The Labute approximate surface area is 266 Å². The van der Waals surface area contributed by atoms with Gasteiger partial charge in [-0.15, -0.1) is 11.8 Å². The molecule has 0 radical (unpaired) electrons. The van der Waals surface area contributed by atoms with Crippen LogP contribution in [0.1, 0.15) is 29.7 Å². The minimum Gasteiger partial charge on any atom is -0.483 e. The number of ether oxygens (including phenoxy) is 1. The summed E-state index contributed by atoms with van der Waals surface area (Å²) in [5.41, 5.74) is 1.15. The minimum atomic E-state index is -1.26. The summed E-state index contributed by atoms with van der Waals surface area (Å²) < 4.78 is 20.1. The number of likely N-dealkylation sites (tertiary alicyclic amines) is 1. The third-order valence-corrected chi connectivity index (χ3v) is 12.4. The van der Waals surface area contributed by atoms with Crippen LogP contribution in [0.15, 0.2) is 56.8 Å². The van der Waals surface area contributed by atoms with E-state index in [0.717, 1.165) is 31.2 Å². The first kappa shape index (κ1) is 29.2. The molecule has 3 fully saturated rings. The minimum absolute atomic E-state index is 0.102. The lowest BCUT2D eigenvalue weighted by Crippen LogP contribution is -2.44. The molecule has 0 spiro atoms. The molecular formula is C30H25BrFN3O7S2. The third kappa shape index (κ3) is 4.60. The number of amides is 3. The molecule has 8 atom stereocenters. The number of nitrogens with one attached hydrogen (secondary N) is 2. The number of aromatic amines is 1. The standard InChI is InChI=1S/C30H25BrFN3O7S2/c1-11(29(39)40)35-27(37)22-16-9-17(23(22)28(35)38)24-21(16)20(25-26(43-24)34-30(41)44-25)15-8-12(31)2-7-18(15)42-10-19(36)33-14-5-3-13(32)4-6-14/h2-8,11,16-17,20-24H,9-10H2,1H3,(H,33,36)(H,34,41)(H,39,40)/t11?,16?,17?,20-,21?,22?,23?,24?/m1/s1. The molecule has 3 amide bonds. The van der Waals surface area contributed by atoms with Gasteiger partial charge in [-0.2, -0.15) is 0 Å². The molecule has 14 heteroatoms. The highest BCUT2D eigenvalue weighted by Crippen LogP contribution is 2.69. The molecular weight excluding hydrogens is 677 g/mol. The van der Waals surface area contributed by atoms with Gasteiger partial charge in [0.05, 0.1) is 16.9 Å². The number of imide groups is 1. The summed E-state index contributed by atoms with van der Waals surface area (Å²) in [4.78, 5) is 68.7. The number of aliphatic carboxylic acids is 1. The molecule has 3 heterocycles. The zero-order chi connectivity index (χ0) is 31.0. The van der Waals surface area contributed by atoms with E-state index in [1.54, 1.807) is 12.1 Å². The summed E-state index contributed by atoms with van der Waals surface area (Å²) in [5, 5.41) is 12.9. The number of anilines is 1. The van der Waals surface area contributed by atoms with Crippen molar-refractivity contribution in [1.29, 1.82) is 0 Å². The highest BCUT2D eigenvalue weighted by molar-refractivity contribution is 9.10. The zero-order valence-corrected chi connectivity index (χ0v) is 26.2. The summed E-state index contributed by atoms with van der Waals surface area (Å²) in [7, 11) is 0. The molecule has 2 aromatic carbocycles. The molecule has 3 N–H and O–H groups in total. The molecule has 2 saturated carbocycles. The van der Waals surface area contributed by atoms with Crippen LogP contribution in [-0.2, 0) is 19.2 Å². The van der Waals surface area contributed by atoms with Crippen molar-refractivity contribution < 1.29 is 33.4 Å². The second-order valence-corrected chi connectivity index (χ2v) is 14.7. The molecule has 7 rings (SSSR count). The maximum Gasteiger partial charge on any atom is 0.326 e. The van der Waals surface area contributed by atoms with E-state index in [9.17, 15) is 33.5 Å². The summed E-state index contributed by atoms with van der Waals surface area (Å²) in [6, 6.07) is 9.54. The number of benzene rings is 2. The monoisotopic (exact) mass is 701 g/mol. The van der Waals surface area contributed by atoms with E-state index in [1.807, 2.05) is 6.07 Å². The van der Waals surface area contributed by atoms with Gasteiger partial charge in [-0.3, -0.25) is 24.1 Å². The molecule has 2 aliphatic heterocycles. The predicted octanol–water partition coefficient (Wildman–Crippen LogP) is 4.30. The smallest absolute Gasteiger partial charge is 0.326 e. The fourth-order valence-corrected chi connectivity index (χ4v) is 10.9. The van der Waals surface area contributed by atoms with E-state index in [-0.39, 0.29) is 40.4 Å². The Bertz CT molecular complexity index is 1780. The van der Waals surface area contributed by atoms with E-state index >= 15 is 0 Å². The number of halogens is 2. The Morgan fingerprint density at radius 1 is 1.14 bits per heavy atom. The van der Waals surface area contributed by atoms with E-state index < -0.39 is 47.4 Å². The van der Waals surface area contributed by atoms with Crippen LogP contribution in [0, 0.1) is 35.4 Å². The first-order valence-corrected chi connectivity index (χ1v) is 16.5. The van der Waals surface area contributed by atoms with Crippen molar-refractivity contribution in [2.24, 2.45) is 29.6 Å². The fourth-order valence-electron chi connectivity index (χ4n) is 7.65. The quantitative estimate of drug-likeness (QED) is 0.309. The third-order valence-electron chi connectivity index (χ3n) is 9.30. The second-order valence-electron chi connectivity index (χ2n) is 11.5. The van der Waals surface area contributed by atoms with E-state index in [0.29, 0.717) is 22.9 Å². The molecule has 3 aromatic rings. The lowest BCUT2D eigenvalue weighted by atomic mass is 9.68. The van der Waals surface area contributed by atoms with E-state index in [1.165, 1.54) is 43.0 Å². The van der Waals surface area contributed by atoms with Crippen molar-refractivity contribution >= 4 is 68.4 Å². The van der Waals surface area contributed by atoms with Crippen LogP contribution < -0.4 is 14.9 Å². The molecule has 2 aliphatic carbocycles. The van der Waals surface area contributed by atoms with Crippen LogP contribution in [0.25, 0.3) is 0 Å². The van der Waals surface area contributed by atoms with Gasteiger partial charge in [0, 0.05) is 31.8 Å². The number of hydrogen-bond donors (Lipinski definition) is 3. The van der Waals surface area contributed by atoms with Crippen molar-refractivity contribution in [1.82, 2.24) is 9.88 Å². The van der Waals surface area contributed by atoms with Crippen molar-refractivity contribution in [3.63, 3.8) is 0 Å². The average Bonchev–Trinajstić information content (AvgIpc) is 3.72. The summed E-state index contributed by atoms with van der Waals surface area (Å²) in [6.45, 7) is 1.02. The second kappa shape index (κ2) is 10.8. The van der Waals surface area contributed by atoms with Gasteiger partial charge < -0.3 is 20.1 Å². The molecule has 4 aliphatic rings. The Kier molecular flexibility index (Phi) is 7.20. The topological polar surface area (TPSA) is 146 Å². The number of fused-ring (bicyclic) bond motifs is 9. The molecule has 2 bridgehead atoms. The van der Waals surface area contributed by atoms with E-state index in [4.69, 9.17) is 4.74 Å². The highest BCUT2D eigenvalue weighted by atomic mass is 79.9. The highest BCUT2D eigenvalue weighted by Gasteiger charge is 2.70. The number of thioether (sulfide) groups is 1. The number of carbonyl (C=O) groups excluding carboxylic acids is 3. The van der Waals surface area contributed by atoms with Gasteiger partial charge in [0.2, 0.25) is 11.8 Å². The van der Waals surface area contributed by atoms with Crippen molar-refractivity contribution in [3.8, 4) is 5.75 Å². The SMILES string of the molecule is CC(C(=O)O)N1C(=O)C2C3CC(C2C1=O)C1C3Sc2[nH]c(=O)sc2[C@@H]1c1cc(Br)ccc1OCC(=O)Nc1ccc(F)cc1. The number of nitrogens with zero attached hydrogens (tertiary/aromatic N) is 1. The number of rotatable bonds is 7. The Balaban J connectivity index is 1.23. The van der Waals surface area contributed by atoms with Crippen LogP contribution >= 0.6 is 39.0 Å². The number of carboxylic acid groups (broad SMARTS) is 1. The largest absolute Gasteiger partial charge is 0.483 e. The predicted molar refractivity (Wildman–Crippen MR) is 162 cm³/mol. The van der Waals surface area contributed by atoms with E-state index in [2.05, 4.69) is 26.2 Å². The van der Waals surface area contributed by atoms with Gasteiger partial charge in [0.25, 0.3) is 5.91 Å². The normalized spacial score (nSPS) is 28.8. The van der Waals surface area contributed by atoms with Gasteiger partial charge in [-0.25, -0.2) is 9.18 Å². The zero-order valence-electron chi connectivity index (χ0n) is 23.0. The van der Waals surface area contributed by atoms with Crippen LogP contribution in [0.4, 0.5) is 10.1 Å². The first-order valence-electron chi connectivity index (χ1n) is 14.0. The Morgan fingerprint density at radius 3 is 2.55 bits per heavy atom. The molecule has 10 nitrogen and oxygen atoms in total. The van der Waals surface area contributed by atoms with Crippen molar-refractivity contribution in [3.05, 3.63) is 72.9 Å². The lowest BCUT2D eigenvalue weighted by molar-refractivity contribution is -0.154. The summed E-state index contributed by atoms with van der Waals surface area (Å²) in [5.74, 6) is -4.67. The van der Waals surface area contributed by atoms with Crippen LogP contribution in [0.3, 0.4) is 0 Å². The number of H-pyrrole nitrogens is 1. The Hall–Kier alpha value is -3.49. The molecule has 1 saturated heterocycles. The summed E-state index contributed by atoms with van der Waals surface area (Å²) >= 11 is 6.17. The van der Waals surface area contributed by atoms with Gasteiger partial charge in [0.15, 0.2) is 6.61 Å². The number of hydrogen-bond acceptors (Lipinski definition) is 8. The van der Waals surface area contributed by atoms with Gasteiger partial charge in [0.1, 0.15) is 17.6 Å². The number of thiazole rings is 1. The number of carbonyl (C=O) groups is 4. The molecule has 7 unspecified atom stereocenters. The van der Waals surface area contributed by atoms with Crippen LogP contribution in [0.2, 0.25) is 0 Å². The first-order chi connectivity index (χ1) is 21.0. The molecule has 44 heavy (non-hydrogen) atoms. The maximum atomic E-state index is 13.7. The van der Waals surface area contributed by atoms with Crippen LogP contribution in [-0.4, -0.2) is 56.6 Å². The van der Waals surface area contributed by atoms with Gasteiger partial charge in [-0.1, -0.05) is 27.3 Å². The fraction of sp³-hybridized carbons (Fsp3) is 0.367. The van der Waals surface area contributed by atoms with Crippen molar-refractivity contribution in [2.45, 2.75) is 35.6 Å². The van der Waals surface area contributed by atoms with Crippen molar-refractivity contribution in [2.75, 3.05) is 11.9 Å². The maximum absolute atomic E-state index is 13.7. The van der Waals surface area contributed by atoms with Gasteiger partial charge >= 0.3 is 10.8 Å². The Morgan fingerprint density at radius 2 is 1.84 bits per heavy atom.